The number of alkyl carbamates (subject to hydrolysis) is 1. The Morgan fingerprint density at radius 3 is 2.47 bits per heavy atom. The minimum absolute atomic E-state index is 0.154. The highest BCUT2D eigenvalue weighted by atomic mass is 19.1. The van der Waals surface area contributed by atoms with E-state index in [1.807, 2.05) is 12.1 Å². The molecule has 0 radical (unpaired) electrons. The summed E-state index contributed by atoms with van der Waals surface area (Å²) in [6, 6.07) is 11.2. The van der Waals surface area contributed by atoms with Crippen molar-refractivity contribution in [2.24, 2.45) is 7.05 Å². The van der Waals surface area contributed by atoms with Crippen molar-refractivity contribution in [3.8, 4) is 22.4 Å². The second-order valence-electron chi connectivity index (χ2n) is 7.95. The summed E-state index contributed by atoms with van der Waals surface area (Å²) in [6.07, 6.45) is 2.78. The van der Waals surface area contributed by atoms with Crippen LogP contribution in [0, 0.1) is 5.82 Å². The Morgan fingerprint density at radius 2 is 1.83 bits per heavy atom. The SMILES string of the molecule is Cn1ccc(-c2cc(-c3ccc(F)cc3)ncc2CNC(=O)OC(C)(C)C)cc1=O. The van der Waals surface area contributed by atoms with Gasteiger partial charge in [-0.2, -0.15) is 0 Å². The number of carbonyl (C=O) groups is 1. The van der Waals surface area contributed by atoms with Crippen LogP contribution >= 0.6 is 0 Å². The first kappa shape index (κ1) is 21.2. The molecule has 0 saturated carbocycles. The van der Waals surface area contributed by atoms with Crippen LogP contribution in [0.4, 0.5) is 9.18 Å². The van der Waals surface area contributed by atoms with Crippen LogP contribution in [0.25, 0.3) is 22.4 Å². The molecule has 0 saturated heterocycles. The lowest BCUT2D eigenvalue weighted by Gasteiger charge is -2.20. The molecule has 3 aromatic rings. The molecule has 0 spiro atoms. The molecule has 1 amide bonds. The quantitative estimate of drug-likeness (QED) is 0.698. The Morgan fingerprint density at radius 1 is 1.13 bits per heavy atom. The smallest absolute Gasteiger partial charge is 0.407 e. The largest absolute Gasteiger partial charge is 0.444 e. The van der Waals surface area contributed by atoms with Gasteiger partial charge in [0.2, 0.25) is 0 Å². The van der Waals surface area contributed by atoms with Gasteiger partial charge in [0, 0.05) is 37.6 Å². The van der Waals surface area contributed by atoms with Crippen molar-refractivity contribution in [2.75, 3.05) is 0 Å². The molecule has 1 N–H and O–H groups in total. The molecule has 7 heteroatoms. The molecule has 0 aliphatic rings. The summed E-state index contributed by atoms with van der Waals surface area (Å²) >= 11 is 0. The number of ether oxygens (including phenoxy) is 1. The number of nitrogens with zero attached hydrogens (tertiary/aromatic N) is 2. The molecule has 1 aromatic carbocycles. The Bertz CT molecular complexity index is 1120. The molecular weight excluding hydrogens is 385 g/mol. The Kier molecular flexibility index (Phi) is 6.01. The van der Waals surface area contributed by atoms with E-state index in [1.54, 1.807) is 52.3 Å². The molecule has 0 fully saturated rings. The average Bonchev–Trinajstić information content (AvgIpc) is 2.68. The number of rotatable bonds is 4. The molecule has 2 aromatic heterocycles. The van der Waals surface area contributed by atoms with Gasteiger partial charge >= 0.3 is 6.09 Å². The number of carbonyl (C=O) groups excluding carboxylic acids is 1. The molecule has 0 atom stereocenters. The van der Waals surface area contributed by atoms with Gasteiger partial charge in [-0.05, 0) is 73.9 Å². The zero-order chi connectivity index (χ0) is 21.9. The van der Waals surface area contributed by atoms with Crippen molar-refractivity contribution in [1.82, 2.24) is 14.9 Å². The van der Waals surface area contributed by atoms with Crippen LogP contribution in [-0.2, 0) is 18.3 Å². The Balaban J connectivity index is 1.98. The van der Waals surface area contributed by atoms with Gasteiger partial charge in [-0.15, -0.1) is 0 Å². The molecular formula is C23H24FN3O3. The fourth-order valence-corrected chi connectivity index (χ4v) is 2.87. The third kappa shape index (κ3) is 5.31. The average molecular weight is 409 g/mol. The lowest BCUT2D eigenvalue weighted by atomic mass is 9.99. The molecule has 156 valence electrons. The molecule has 0 aliphatic heterocycles. The lowest BCUT2D eigenvalue weighted by Crippen LogP contribution is -2.32. The Hall–Kier alpha value is -3.48. The monoisotopic (exact) mass is 409 g/mol. The second-order valence-corrected chi connectivity index (χ2v) is 7.95. The van der Waals surface area contributed by atoms with Gasteiger partial charge < -0.3 is 14.6 Å². The van der Waals surface area contributed by atoms with Crippen LogP contribution < -0.4 is 10.9 Å². The highest BCUT2D eigenvalue weighted by Crippen LogP contribution is 2.27. The molecule has 6 nitrogen and oxygen atoms in total. The summed E-state index contributed by atoms with van der Waals surface area (Å²) in [5.74, 6) is -0.330. The van der Waals surface area contributed by atoms with Gasteiger partial charge in [0.05, 0.1) is 5.69 Å². The van der Waals surface area contributed by atoms with Crippen molar-refractivity contribution in [2.45, 2.75) is 32.9 Å². The Labute approximate surface area is 174 Å². The highest BCUT2D eigenvalue weighted by molar-refractivity contribution is 5.74. The molecule has 0 unspecified atom stereocenters. The zero-order valence-electron chi connectivity index (χ0n) is 17.4. The number of pyridine rings is 2. The number of aromatic nitrogens is 2. The molecule has 30 heavy (non-hydrogen) atoms. The number of hydrogen-bond donors (Lipinski definition) is 1. The number of nitrogens with one attached hydrogen (secondary N) is 1. The van der Waals surface area contributed by atoms with Gasteiger partial charge in [0.25, 0.3) is 5.56 Å². The molecule has 0 bridgehead atoms. The lowest BCUT2D eigenvalue weighted by molar-refractivity contribution is 0.0523. The molecule has 2 heterocycles. The normalized spacial score (nSPS) is 11.2. The minimum atomic E-state index is -0.608. The van der Waals surface area contributed by atoms with Gasteiger partial charge in [0.15, 0.2) is 0 Å². The van der Waals surface area contributed by atoms with Crippen molar-refractivity contribution in [3.63, 3.8) is 0 Å². The number of hydrogen-bond acceptors (Lipinski definition) is 4. The maximum atomic E-state index is 13.3. The summed E-state index contributed by atoms with van der Waals surface area (Å²) in [4.78, 5) is 28.7. The number of benzene rings is 1. The van der Waals surface area contributed by atoms with Crippen LogP contribution in [0.15, 0.2) is 59.7 Å². The third-order valence-electron chi connectivity index (χ3n) is 4.36. The minimum Gasteiger partial charge on any atom is -0.444 e. The first-order valence-corrected chi connectivity index (χ1v) is 9.51. The third-order valence-corrected chi connectivity index (χ3v) is 4.36. The topological polar surface area (TPSA) is 73.2 Å². The van der Waals surface area contributed by atoms with Crippen LogP contribution in [0.3, 0.4) is 0 Å². The van der Waals surface area contributed by atoms with E-state index < -0.39 is 11.7 Å². The first-order chi connectivity index (χ1) is 14.1. The van der Waals surface area contributed by atoms with Crippen LogP contribution in [0.2, 0.25) is 0 Å². The standard InChI is InChI=1S/C23H24FN3O3/c1-23(2,3)30-22(29)26-14-17-13-25-20(15-5-7-18(24)8-6-15)12-19(17)16-9-10-27(4)21(28)11-16/h5-13H,14H2,1-4H3,(H,26,29). The van der Waals surface area contributed by atoms with Crippen molar-refractivity contribution in [1.29, 1.82) is 0 Å². The summed E-state index contributed by atoms with van der Waals surface area (Å²) in [5.41, 5.74) is 2.78. The van der Waals surface area contributed by atoms with E-state index in [0.717, 1.165) is 16.7 Å². The number of aryl methyl sites for hydroxylation is 1. The number of amides is 1. The summed E-state index contributed by atoms with van der Waals surface area (Å²) in [5, 5.41) is 2.72. The van der Waals surface area contributed by atoms with E-state index in [4.69, 9.17) is 4.74 Å². The van der Waals surface area contributed by atoms with Crippen molar-refractivity contribution >= 4 is 6.09 Å². The maximum Gasteiger partial charge on any atom is 0.407 e. The predicted octanol–water partition coefficient (Wildman–Crippen LogP) is 4.28. The van der Waals surface area contributed by atoms with Crippen molar-refractivity contribution < 1.29 is 13.9 Å². The zero-order valence-corrected chi connectivity index (χ0v) is 17.4. The number of halogens is 1. The highest BCUT2D eigenvalue weighted by Gasteiger charge is 2.17. The van der Waals surface area contributed by atoms with Gasteiger partial charge in [-0.1, -0.05) is 0 Å². The van der Waals surface area contributed by atoms with E-state index >= 15 is 0 Å². The summed E-state index contributed by atoms with van der Waals surface area (Å²) < 4.78 is 20.0. The second kappa shape index (κ2) is 8.49. The van der Waals surface area contributed by atoms with Crippen LogP contribution in [0.1, 0.15) is 26.3 Å². The van der Waals surface area contributed by atoms with Gasteiger partial charge in [-0.3, -0.25) is 9.78 Å². The van der Waals surface area contributed by atoms with E-state index in [9.17, 15) is 14.0 Å². The van der Waals surface area contributed by atoms with E-state index in [-0.39, 0.29) is 17.9 Å². The first-order valence-electron chi connectivity index (χ1n) is 9.51. The molecule has 0 aliphatic carbocycles. The maximum absolute atomic E-state index is 13.3. The van der Waals surface area contributed by atoms with Crippen LogP contribution in [-0.4, -0.2) is 21.2 Å². The summed E-state index contributed by atoms with van der Waals surface area (Å²) in [6.45, 7) is 5.54. The van der Waals surface area contributed by atoms with Gasteiger partial charge in [-0.25, -0.2) is 9.18 Å². The van der Waals surface area contributed by atoms with Crippen LogP contribution in [0.5, 0.6) is 0 Å². The van der Waals surface area contributed by atoms with E-state index in [2.05, 4.69) is 10.3 Å². The van der Waals surface area contributed by atoms with E-state index in [1.165, 1.54) is 22.8 Å². The van der Waals surface area contributed by atoms with E-state index in [0.29, 0.717) is 11.3 Å². The summed E-state index contributed by atoms with van der Waals surface area (Å²) in [7, 11) is 1.67. The fraction of sp³-hybridized carbons (Fsp3) is 0.261. The molecule has 3 rings (SSSR count). The van der Waals surface area contributed by atoms with Crippen molar-refractivity contribution in [3.05, 3.63) is 76.6 Å². The fourth-order valence-electron chi connectivity index (χ4n) is 2.87. The van der Waals surface area contributed by atoms with Gasteiger partial charge in [0.1, 0.15) is 11.4 Å². The predicted molar refractivity (Wildman–Crippen MR) is 113 cm³/mol.